The van der Waals surface area contributed by atoms with Crippen molar-refractivity contribution < 1.29 is 27.9 Å². The van der Waals surface area contributed by atoms with Gasteiger partial charge in [0.15, 0.2) is 5.65 Å². The standard InChI is InChI=1S/C18H20ClN5O.C2HF3O2/c1-22(2)12-15(13-7-5-4-6-8-13)23(3)17(25)14-9-10-16-20-18(19)21-24(16)11-14;3-2(4,5)1(6)7/h4-11,15H,12H2,1-3H3;(H,6,7). The molecule has 1 unspecified atom stereocenters. The SMILES string of the molecule is CN(C)CC(c1ccccc1)N(C)C(=O)c1ccc2nc(Cl)nn2c1.O=C(O)C(F)(F)F. The molecule has 0 bridgehead atoms. The van der Waals surface area contributed by atoms with Crippen molar-refractivity contribution in [3.05, 3.63) is 65.1 Å². The van der Waals surface area contributed by atoms with E-state index < -0.39 is 12.1 Å². The van der Waals surface area contributed by atoms with Gasteiger partial charge in [0, 0.05) is 19.8 Å². The zero-order valence-electron chi connectivity index (χ0n) is 17.4. The van der Waals surface area contributed by atoms with Crippen molar-refractivity contribution in [2.75, 3.05) is 27.7 Å². The number of carboxylic acids is 1. The van der Waals surface area contributed by atoms with E-state index in [2.05, 4.69) is 15.0 Å². The van der Waals surface area contributed by atoms with E-state index in [4.69, 9.17) is 21.5 Å². The number of likely N-dealkylation sites (N-methyl/N-ethyl adjacent to an activating group) is 2. The first-order valence-electron chi connectivity index (χ1n) is 9.19. The van der Waals surface area contributed by atoms with Crippen LogP contribution in [-0.4, -0.2) is 75.2 Å². The lowest BCUT2D eigenvalue weighted by molar-refractivity contribution is -0.192. The number of benzene rings is 1. The van der Waals surface area contributed by atoms with Gasteiger partial charge in [-0.3, -0.25) is 4.79 Å². The van der Waals surface area contributed by atoms with E-state index in [0.717, 1.165) is 12.1 Å². The third-order valence-electron chi connectivity index (χ3n) is 4.30. The summed E-state index contributed by atoms with van der Waals surface area (Å²) in [6.45, 7) is 0.726. The highest BCUT2D eigenvalue weighted by molar-refractivity contribution is 6.28. The smallest absolute Gasteiger partial charge is 0.475 e. The Kier molecular flexibility index (Phi) is 8.17. The van der Waals surface area contributed by atoms with E-state index in [9.17, 15) is 18.0 Å². The lowest BCUT2D eigenvalue weighted by Gasteiger charge is -2.31. The highest BCUT2D eigenvalue weighted by Crippen LogP contribution is 2.22. The Morgan fingerprint density at radius 2 is 1.72 bits per heavy atom. The topological polar surface area (TPSA) is 91.0 Å². The predicted octanol–water partition coefficient (Wildman–Crippen LogP) is 3.39. The van der Waals surface area contributed by atoms with Crippen molar-refractivity contribution in [2.24, 2.45) is 0 Å². The highest BCUT2D eigenvalue weighted by Gasteiger charge is 2.38. The molecule has 12 heteroatoms. The van der Waals surface area contributed by atoms with Gasteiger partial charge in [0.05, 0.1) is 11.6 Å². The van der Waals surface area contributed by atoms with Crippen molar-refractivity contribution >= 4 is 29.1 Å². The van der Waals surface area contributed by atoms with E-state index in [1.54, 1.807) is 23.2 Å². The summed E-state index contributed by atoms with van der Waals surface area (Å²) in [7, 11) is 5.82. The Bertz CT molecular complexity index is 1070. The first-order valence-corrected chi connectivity index (χ1v) is 9.57. The zero-order valence-corrected chi connectivity index (χ0v) is 18.2. The number of fused-ring (bicyclic) bond motifs is 1. The first-order chi connectivity index (χ1) is 14.9. The van der Waals surface area contributed by atoms with E-state index in [1.807, 2.05) is 51.5 Å². The number of hydrogen-bond donors (Lipinski definition) is 1. The minimum Gasteiger partial charge on any atom is -0.475 e. The normalized spacial score (nSPS) is 12.2. The van der Waals surface area contributed by atoms with Crippen LogP contribution < -0.4 is 0 Å². The number of pyridine rings is 1. The molecular weight excluding hydrogens is 451 g/mol. The van der Waals surface area contributed by atoms with Crippen molar-refractivity contribution in [3.63, 3.8) is 0 Å². The number of rotatable bonds is 5. The molecule has 0 fully saturated rings. The molecule has 1 atom stereocenters. The molecule has 0 aliphatic heterocycles. The fraction of sp³-hybridized carbons (Fsp3) is 0.300. The third-order valence-corrected chi connectivity index (χ3v) is 4.46. The molecule has 0 aliphatic carbocycles. The minimum absolute atomic E-state index is 0.0567. The maximum absolute atomic E-state index is 13.0. The number of carbonyl (C=O) groups is 2. The number of halogens is 4. The lowest BCUT2D eigenvalue weighted by atomic mass is 10.0. The highest BCUT2D eigenvalue weighted by atomic mass is 35.5. The van der Waals surface area contributed by atoms with Crippen LogP contribution in [0.15, 0.2) is 48.7 Å². The number of amides is 1. The van der Waals surface area contributed by atoms with Crippen LogP contribution in [0.4, 0.5) is 13.2 Å². The molecule has 0 spiro atoms. The van der Waals surface area contributed by atoms with Gasteiger partial charge in [0.2, 0.25) is 5.28 Å². The molecule has 8 nitrogen and oxygen atoms in total. The van der Waals surface area contributed by atoms with Crippen LogP contribution in [0.3, 0.4) is 0 Å². The number of carbonyl (C=O) groups excluding carboxylic acids is 1. The molecule has 0 saturated carbocycles. The van der Waals surface area contributed by atoms with E-state index in [0.29, 0.717) is 11.2 Å². The van der Waals surface area contributed by atoms with Crippen molar-refractivity contribution in [2.45, 2.75) is 12.2 Å². The van der Waals surface area contributed by atoms with Crippen molar-refractivity contribution in [1.29, 1.82) is 0 Å². The number of aromatic nitrogens is 3. The van der Waals surface area contributed by atoms with Crippen LogP contribution in [-0.2, 0) is 4.79 Å². The fourth-order valence-electron chi connectivity index (χ4n) is 2.80. The van der Waals surface area contributed by atoms with E-state index in [-0.39, 0.29) is 17.2 Å². The van der Waals surface area contributed by atoms with Gasteiger partial charge in [-0.05, 0) is 43.4 Å². The lowest BCUT2D eigenvalue weighted by Crippen LogP contribution is -2.37. The van der Waals surface area contributed by atoms with E-state index in [1.165, 1.54) is 4.52 Å². The summed E-state index contributed by atoms with van der Waals surface area (Å²) >= 11 is 5.82. The third kappa shape index (κ3) is 6.66. The van der Waals surface area contributed by atoms with Gasteiger partial charge >= 0.3 is 12.1 Å². The molecule has 3 rings (SSSR count). The van der Waals surface area contributed by atoms with Gasteiger partial charge in [0.1, 0.15) is 0 Å². The largest absolute Gasteiger partial charge is 0.490 e. The fourth-order valence-corrected chi connectivity index (χ4v) is 2.97. The number of nitrogens with zero attached hydrogens (tertiary/aromatic N) is 5. The van der Waals surface area contributed by atoms with Gasteiger partial charge in [-0.1, -0.05) is 30.3 Å². The number of aliphatic carboxylic acids is 1. The Morgan fingerprint density at radius 1 is 1.12 bits per heavy atom. The average Bonchev–Trinajstić information content (AvgIpc) is 3.10. The quantitative estimate of drug-likeness (QED) is 0.613. The maximum atomic E-state index is 13.0. The Balaban J connectivity index is 0.000000451. The molecule has 2 aromatic heterocycles. The molecule has 1 amide bonds. The van der Waals surface area contributed by atoms with Crippen LogP contribution in [0, 0.1) is 0 Å². The summed E-state index contributed by atoms with van der Waals surface area (Å²) in [5, 5.41) is 11.3. The number of alkyl halides is 3. The van der Waals surface area contributed by atoms with Crippen LogP contribution in [0.5, 0.6) is 0 Å². The molecule has 3 aromatic rings. The average molecular weight is 472 g/mol. The second-order valence-electron chi connectivity index (χ2n) is 7.01. The predicted molar refractivity (Wildman–Crippen MR) is 112 cm³/mol. The zero-order chi connectivity index (χ0) is 24.1. The van der Waals surface area contributed by atoms with Crippen LogP contribution in [0.25, 0.3) is 5.65 Å². The Hall–Kier alpha value is -3.18. The van der Waals surface area contributed by atoms with Crippen molar-refractivity contribution in [1.82, 2.24) is 24.4 Å². The second kappa shape index (κ2) is 10.4. The molecule has 0 aliphatic rings. The molecule has 2 heterocycles. The van der Waals surface area contributed by atoms with Gasteiger partial charge in [-0.2, -0.15) is 18.2 Å². The molecule has 1 aromatic carbocycles. The van der Waals surface area contributed by atoms with Gasteiger partial charge in [0.25, 0.3) is 5.91 Å². The first kappa shape index (κ1) is 25.1. The van der Waals surface area contributed by atoms with Gasteiger partial charge in [-0.25, -0.2) is 9.31 Å². The summed E-state index contributed by atoms with van der Waals surface area (Å²) in [5.74, 6) is -2.84. The Morgan fingerprint density at radius 3 is 2.25 bits per heavy atom. The number of hydrogen-bond acceptors (Lipinski definition) is 5. The number of carboxylic acid groups (broad SMARTS) is 1. The summed E-state index contributed by atoms with van der Waals surface area (Å²) in [5.41, 5.74) is 2.24. The molecule has 0 radical (unpaired) electrons. The van der Waals surface area contributed by atoms with Gasteiger partial charge < -0.3 is 14.9 Å². The van der Waals surface area contributed by atoms with Crippen LogP contribution in [0.1, 0.15) is 22.0 Å². The van der Waals surface area contributed by atoms with Crippen molar-refractivity contribution in [3.8, 4) is 0 Å². The van der Waals surface area contributed by atoms with Crippen LogP contribution >= 0.6 is 11.6 Å². The molecule has 32 heavy (non-hydrogen) atoms. The molecular formula is C20H21ClF3N5O3. The van der Waals surface area contributed by atoms with E-state index >= 15 is 0 Å². The molecule has 0 saturated heterocycles. The molecule has 172 valence electrons. The summed E-state index contributed by atoms with van der Waals surface area (Å²) in [6.07, 6.45) is -3.43. The van der Waals surface area contributed by atoms with Gasteiger partial charge in [-0.15, -0.1) is 5.10 Å². The second-order valence-corrected chi connectivity index (χ2v) is 7.35. The van der Waals surface area contributed by atoms with Crippen LogP contribution in [0.2, 0.25) is 5.28 Å². The summed E-state index contributed by atoms with van der Waals surface area (Å²) in [6, 6.07) is 13.5. The summed E-state index contributed by atoms with van der Waals surface area (Å²) < 4.78 is 33.3. The Labute approximate surface area is 186 Å². The maximum Gasteiger partial charge on any atom is 0.490 e. The minimum atomic E-state index is -5.08. The molecule has 1 N–H and O–H groups in total. The summed E-state index contributed by atoms with van der Waals surface area (Å²) in [4.78, 5) is 29.8. The monoisotopic (exact) mass is 471 g/mol.